The smallest absolute Gasteiger partial charge is 0.329 e. The molecule has 1 aliphatic rings. The summed E-state index contributed by atoms with van der Waals surface area (Å²) in [6.45, 7) is 2.84. The fraction of sp³-hybridized carbons (Fsp3) is 0.600. The fourth-order valence-corrected chi connectivity index (χ4v) is 2.51. The lowest BCUT2D eigenvalue weighted by molar-refractivity contribution is -0.145. The van der Waals surface area contributed by atoms with Crippen molar-refractivity contribution in [3.8, 4) is 0 Å². The zero-order chi connectivity index (χ0) is 11.6. The SMILES string of the molecule is Cc1csc(NC2(C(=O)O)CCOCC2)n1. The number of aryl methyl sites for hydroxylation is 1. The largest absolute Gasteiger partial charge is 0.480 e. The van der Waals surface area contributed by atoms with Gasteiger partial charge in [-0.3, -0.25) is 0 Å². The molecule has 1 saturated heterocycles. The lowest BCUT2D eigenvalue weighted by Gasteiger charge is -2.33. The Kier molecular flexibility index (Phi) is 3.11. The topological polar surface area (TPSA) is 71.5 Å². The molecule has 0 bridgehead atoms. The monoisotopic (exact) mass is 242 g/mol. The molecule has 1 fully saturated rings. The van der Waals surface area contributed by atoms with Crippen LogP contribution in [0.5, 0.6) is 0 Å². The van der Waals surface area contributed by atoms with Gasteiger partial charge in [0, 0.05) is 31.4 Å². The van der Waals surface area contributed by atoms with Gasteiger partial charge in [-0.25, -0.2) is 9.78 Å². The van der Waals surface area contributed by atoms with E-state index in [0.29, 0.717) is 31.2 Å². The summed E-state index contributed by atoms with van der Waals surface area (Å²) in [6, 6.07) is 0. The number of ether oxygens (including phenoxy) is 1. The van der Waals surface area contributed by atoms with Crippen LogP contribution in [-0.2, 0) is 9.53 Å². The summed E-state index contributed by atoms with van der Waals surface area (Å²) in [7, 11) is 0. The first-order valence-corrected chi connectivity index (χ1v) is 6.02. The summed E-state index contributed by atoms with van der Waals surface area (Å²) < 4.78 is 5.20. The van der Waals surface area contributed by atoms with Crippen molar-refractivity contribution in [1.82, 2.24) is 4.98 Å². The van der Waals surface area contributed by atoms with Gasteiger partial charge in [-0.15, -0.1) is 11.3 Å². The number of nitrogens with one attached hydrogen (secondary N) is 1. The molecule has 1 aromatic rings. The van der Waals surface area contributed by atoms with Crippen LogP contribution in [0.2, 0.25) is 0 Å². The Labute approximate surface area is 97.5 Å². The molecule has 0 unspecified atom stereocenters. The van der Waals surface area contributed by atoms with Crippen LogP contribution in [0.25, 0.3) is 0 Å². The maximum absolute atomic E-state index is 11.3. The first-order valence-electron chi connectivity index (χ1n) is 5.14. The zero-order valence-electron chi connectivity index (χ0n) is 9.02. The first kappa shape index (κ1) is 11.3. The Morgan fingerprint density at radius 2 is 2.31 bits per heavy atom. The second kappa shape index (κ2) is 4.39. The molecule has 1 aliphatic heterocycles. The number of nitrogens with zero attached hydrogens (tertiary/aromatic N) is 1. The van der Waals surface area contributed by atoms with E-state index < -0.39 is 11.5 Å². The summed E-state index contributed by atoms with van der Waals surface area (Å²) in [5.41, 5.74) is -0.0113. The molecule has 16 heavy (non-hydrogen) atoms. The van der Waals surface area contributed by atoms with Gasteiger partial charge in [-0.2, -0.15) is 0 Å². The molecule has 0 aromatic carbocycles. The molecule has 0 radical (unpaired) electrons. The highest BCUT2D eigenvalue weighted by atomic mass is 32.1. The van der Waals surface area contributed by atoms with E-state index in [-0.39, 0.29) is 0 Å². The number of carbonyl (C=O) groups is 1. The van der Waals surface area contributed by atoms with Crippen LogP contribution in [0, 0.1) is 6.92 Å². The minimum absolute atomic E-state index is 0.473. The number of rotatable bonds is 3. The van der Waals surface area contributed by atoms with Crippen molar-refractivity contribution in [1.29, 1.82) is 0 Å². The molecule has 0 spiro atoms. The Hall–Kier alpha value is -1.14. The van der Waals surface area contributed by atoms with Crippen molar-refractivity contribution >= 4 is 22.4 Å². The van der Waals surface area contributed by atoms with Crippen LogP contribution in [0.15, 0.2) is 5.38 Å². The van der Waals surface area contributed by atoms with E-state index in [4.69, 9.17) is 4.74 Å². The predicted octanol–water partition coefficient (Wildman–Crippen LogP) is 1.50. The average Bonchev–Trinajstić information content (AvgIpc) is 2.65. The maximum Gasteiger partial charge on any atom is 0.329 e. The summed E-state index contributed by atoms with van der Waals surface area (Å²) in [5, 5.41) is 14.9. The first-order chi connectivity index (χ1) is 7.62. The van der Waals surface area contributed by atoms with E-state index >= 15 is 0 Å². The lowest BCUT2D eigenvalue weighted by Crippen LogP contribution is -2.50. The van der Waals surface area contributed by atoms with Crippen molar-refractivity contribution < 1.29 is 14.6 Å². The number of carboxylic acid groups (broad SMARTS) is 1. The van der Waals surface area contributed by atoms with E-state index in [2.05, 4.69) is 10.3 Å². The average molecular weight is 242 g/mol. The molecule has 0 saturated carbocycles. The van der Waals surface area contributed by atoms with Crippen LogP contribution in [0.3, 0.4) is 0 Å². The van der Waals surface area contributed by atoms with E-state index in [0.717, 1.165) is 5.69 Å². The Morgan fingerprint density at radius 1 is 1.62 bits per heavy atom. The van der Waals surface area contributed by atoms with Gasteiger partial charge in [-0.1, -0.05) is 0 Å². The third-order valence-electron chi connectivity index (χ3n) is 2.72. The Morgan fingerprint density at radius 3 is 2.81 bits per heavy atom. The second-order valence-corrected chi connectivity index (χ2v) is 4.78. The third kappa shape index (κ3) is 2.17. The molecule has 0 aliphatic carbocycles. The number of carboxylic acids is 1. The number of aliphatic carboxylic acids is 1. The molecular weight excluding hydrogens is 228 g/mol. The van der Waals surface area contributed by atoms with E-state index in [1.807, 2.05) is 12.3 Å². The molecule has 0 atom stereocenters. The van der Waals surface area contributed by atoms with Crippen molar-refractivity contribution in [3.63, 3.8) is 0 Å². The van der Waals surface area contributed by atoms with E-state index in [1.54, 1.807) is 0 Å². The normalized spacial score (nSPS) is 19.3. The molecule has 2 heterocycles. The van der Waals surface area contributed by atoms with Gasteiger partial charge in [0.05, 0.1) is 5.69 Å². The maximum atomic E-state index is 11.3. The summed E-state index contributed by atoms with van der Waals surface area (Å²) in [4.78, 5) is 15.6. The highest BCUT2D eigenvalue weighted by Gasteiger charge is 2.40. The predicted molar refractivity (Wildman–Crippen MR) is 60.9 cm³/mol. The van der Waals surface area contributed by atoms with Crippen LogP contribution in [0.1, 0.15) is 18.5 Å². The second-order valence-electron chi connectivity index (χ2n) is 3.92. The van der Waals surface area contributed by atoms with Crippen LogP contribution >= 0.6 is 11.3 Å². The van der Waals surface area contributed by atoms with Gasteiger partial charge in [0.15, 0.2) is 5.13 Å². The van der Waals surface area contributed by atoms with E-state index in [1.165, 1.54) is 11.3 Å². The van der Waals surface area contributed by atoms with Crippen LogP contribution < -0.4 is 5.32 Å². The minimum Gasteiger partial charge on any atom is -0.480 e. The molecule has 1 aromatic heterocycles. The Balaban J connectivity index is 2.16. The standard InChI is InChI=1S/C10H14N2O3S/c1-7-6-16-9(11-7)12-10(8(13)14)2-4-15-5-3-10/h6H,2-5H2,1H3,(H,11,12)(H,13,14). The fourth-order valence-electron chi connectivity index (χ4n) is 1.73. The lowest BCUT2D eigenvalue weighted by atomic mass is 9.90. The number of anilines is 1. The molecule has 0 amide bonds. The molecule has 88 valence electrons. The van der Waals surface area contributed by atoms with Crippen molar-refractivity contribution in [3.05, 3.63) is 11.1 Å². The van der Waals surface area contributed by atoms with Crippen molar-refractivity contribution in [2.75, 3.05) is 18.5 Å². The molecule has 2 N–H and O–H groups in total. The van der Waals surface area contributed by atoms with Gasteiger partial charge < -0.3 is 15.2 Å². The van der Waals surface area contributed by atoms with Crippen molar-refractivity contribution in [2.45, 2.75) is 25.3 Å². The van der Waals surface area contributed by atoms with Gasteiger partial charge in [0.2, 0.25) is 0 Å². The highest BCUT2D eigenvalue weighted by Crippen LogP contribution is 2.28. The molecular formula is C10H14N2O3S. The minimum atomic E-state index is -0.914. The zero-order valence-corrected chi connectivity index (χ0v) is 9.84. The quantitative estimate of drug-likeness (QED) is 0.840. The van der Waals surface area contributed by atoms with Crippen LogP contribution in [-0.4, -0.2) is 34.8 Å². The van der Waals surface area contributed by atoms with Gasteiger partial charge >= 0.3 is 5.97 Å². The number of thiazole rings is 1. The Bertz CT molecular complexity index is 385. The van der Waals surface area contributed by atoms with Gasteiger partial charge in [0.25, 0.3) is 0 Å². The summed E-state index contributed by atoms with van der Waals surface area (Å²) >= 11 is 1.43. The van der Waals surface area contributed by atoms with Crippen molar-refractivity contribution in [2.24, 2.45) is 0 Å². The van der Waals surface area contributed by atoms with Crippen LogP contribution in [0.4, 0.5) is 5.13 Å². The molecule has 6 heteroatoms. The number of aromatic nitrogens is 1. The molecule has 5 nitrogen and oxygen atoms in total. The number of hydrogen-bond donors (Lipinski definition) is 2. The van der Waals surface area contributed by atoms with Gasteiger partial charge in [-0.05, 0) is 6.92 Å². The molecule has 2 rings (SSSR count). The highest BCUT2D eigenvalue weighted by molar-refractivity contribution is 7.13. The van der Waals surface area contributed by atoms with E-state index in [9.17, 15) is 9.90 Å². The summed E-state index contributed by atoms with van der Waals surface area (Å²) in [6.07, 6.45) is 0.946. The number of hydrogen-bond acceptors (Lipinski definition) is 5. The summed E-state index contributed by atoms with van der Waals surface area (Å²) in [5.74, 6) is -0.830. The van der Waals surface area contributed by atoms with Gasteiger partial charge in [0.1, 0.15) is 5.54 Å². The third-order valence-corrected chi connectivity index (χ3v) is 3.60.